The van der Waals surface area contributed by atoms with Crippen molar-refractivity contribution in [3.63, 3.8) is 0 Å². The van der Waals surface area contributed by atoms with Gasteiger partial charge in [-0.15, -0.1) is 0 Å². The van der Waals surface area contributed by atoms with Crippen LogP contribution in [0.2, 0.25) is 0 Å². The summed E-state index contributed by atoms with van der Waals surface area (Å²) in [5.41, 5.74) is -0.597. The van der Waals surface area contributed by atoms with Crippen LogP contribution in [-0.4, -0.2) is 14.9 Å². The molecule has 0 radical (unpaired) electrons. The summed E-state index contributed by atoms with van der Waals surface area (Å²) >= 11 is 1.96. The highest BCUT2D eigenvalue weighted by Gasteiger charge is 2.15. The highest BCUT2D eigenvalue weighted by Crippen LogP contribution is 2.27. The van der Waals surface area contributed by atoms with E-state index in [-0.39, 0.29) is 11.6 Å². The van der Waals surface area contributed by atoms with Gasteiger partial charge in [-0.3, -0.25) is 10.1 Å². The van der Waals surface area contributed by atoms with Crippen molar-refractivity contribution in [3.8, 4) is 11.6 Å². The summed E-state index contributed by atoms with van der Waals surface area (Å²) in [4.78, 5) is 17.3. The molecule has 0 saturated heterocycles. The van der Waals surface area contributed by atoms with Crippen LogP contribution >= 0.6 is 22.6 Å². The van der Waals surface area contributed by atoms with E-state index in [9.17, 15) is 14.5 Å². The van der Waals surface area contributed by atoms with Crippen LogP contribution in [0, 0.1) is 19.5 Å². The molecule has 6 nitrogen and oxygen atoms in total. The number of rotatable bonds is 3. The normalized spacial score (nSPS) is 10.1. The van der Waals surface area contributed by atoms with Gasteiger partial charge >= 0.3 is 5.69 Å². The minimum Gasteiger partial charge on any atom is -0.438 e. The third-order valence-electron chi connectivity index (χ3n) is 1.96. The molecule has 0 aliphatic heterocycles. The zero-order valence-corrected chi connectivity index (χ0v) is 10.9. The summed E-state index contributed by atoms with van der Waals surface area (Å²) < 4.78 is 19.3. The van der Waals surface area contributed by atoms with Crippen molar-refractivity contribution in [2.45, 2.75) is 0 Å². The van der Waals surface area contributed by atoms with E-state index in [1.807, 2.05) is 22.6 Å². The number of nitrogens with zero attached hydrogens (tertiary/aromatic N) is 3. The van der Waals surface area contributed by atoms with E-state index in [4.69, 9.17) is 4.74 Å². The molecule has 1 heterocycles. The molecule has 0 spiro atoms. The highest BCUT2D eigenvalue weighted by atomic mass is 127. The number of hydrogen-bond acceptors (Lipinski definition) is 5. The second-order valence-electron chi connectivity index (χ2n) is 3.15. The molecule has 2 rings (SSSR count). The fourth-order valence-corrected chi connectivity index (χ4v) is 1.60. The van der Waals surface area contributed by atoms with E-state index in [1.54, 1.807) is 0 Å². The number of halogens is 2. The molecule has 92 valence electrons. The molecule has 0 amide bonds. The van der Waals surface area contributed by atoms with Crippen LogP contribution in [0.5, 0.6) is 11.6 Å². The zero-order valence-electron chi connectivity index (χ0n) is 8.71. The first-order chi connectivity index (χ1) is 8.58. The highest BCUT2D eigenvalue weighted by molar-refractivity contribution is 14.1. The van der Waals surface area contributed by atoms with Crippen molar-refractivity contribution >= 4 is 28.3 Å². The quantitative estimate of drug-likeness (QED) is 0.477. The molecule has 8 heteroatoms. The first-order valence-corrected chi connectivity index (χ1v) is 5.73. The van der Waals surface area contributed by atoms with Crippen LogP contribution in [0.15, 0.2) is 30.7 Å². The lowest BCUT2D eigenvalue weighted by Crippen LogP contribution is -1.95. The fourth-order valence-electron chi connectivity index (χ4n) is 1.19. The standard InChI is InChI=1S/C10H5FIN3O3/c11-7-3-6(1-2-9(7)15(16)17)18-10-8(12)4-13-5-14-10/h1-5H. The molecule has 1 aromatic heterocycles. The van der Waals surface area contributed by atoms with Gasteiger partial charge in [-0.25, -0.2) is 9.97 Å². The number of hydrogen-bond donors (Lipinski definition) is 0. The van der Waals surface area contributed by atoms with Gasteiger partial charge in [0.05, 0.1) is 8.49 Å². The number of aromatic nitrogens is 2. The summed E-state index contributed by atoms with van der Waals surface area (Å²) in [6.45, 7) is 0. The number of ether oxygens (including phenoxy) is 1. The molecule has 1 aromatic carbocycles. The van der Waals surface area contributed by atoms with Crippen LogP contribution in [0.4, 0.5) is 10.1 Å². The monoisotopic (exact) mass is 361 g/mol. The second-order valence-corrected chi connectivity index (χ2v) is 4.31. The van der Waals surface area contributed by atoms with E-state index in [0.29, 0.717) is 3.57 Å². The van der Waals surface area contributed by atoms with Crippen molar-refractivity contribution in [2.24, 2.45) is 0 Å². The van der Waals surface area contributed by atoms with E-state index in [2.05, 4.69) is 9.97 Å². The molecule has 0 saturated carbocycles. The van der Waals surface area contributed by atoms with Crippen molar-refractivity contribution < 1.29 is 14.1 Å². The van der Waals surface area contributed by atoms with Crippen molar-refractivity contribution in [3.05, 3.63) is 50.2 Å². The SMILES string of the molecule is O=[N+]([O-])c1ccc(Oc2ncncc2I)cc1F. The lowest BCUT2D eigenvalue weighted by molar-refractivity contribution is -0.387. The predicted octanol–water partition coefficient (Wildman–Crippen LogP) is 2.92. The second kappa shape index (κ2) is 5.21. The van der Waals surface area contributed by atoms with Gasteiger partial charge < -0.3 is 4.74 Å². The molecule has 18 heavy (non-hydrogen) atoms. The van der Waals surface area contributed by atoms with Crippen molar-refractivity contribution in [2.75, 3.05) is 0 Å². The van der Waals surface area contributed by atoms with E-state index < -0.39 is 16.4 Å². The van der Waals surface area contributed by atoms with Gasteiger partial charge in [0.1, 0.15) is 12.1 Å². The van der Waals surface area contributed by atoms with Crippen molar-refractivity contribution in [1.29, 1.82) is 0 Å². The minimum absolute atomic E-state index is 0.134. The Hall–Kier alpha value is -1.84. The lowest BCUT2D eigenvalue weighted by Gasteiger charge is -2.05. The average Bonchev–Trinajstić information content (AvgIpc) is 2.32. The Morgan fingerprint density at radius 3 is 2.83 bits per heavy atom. The zero-order chi connectivity index (χ0) is 13.1. The summed E-state index contributed by atoms with van der Waals surface area (Å²) in [5.74, 6) is -0.560. The number of benzene rings is 1. The molecule has 0 bridgehead atoms. The van der Waals surface area contributed by atoms with Crippen molar-refractivity contribution in [1.82, 2.24) is 9.97 Å². The summed E-state index contributed by atoms with van der Waals surface area (Å²) in [6, 6.07) is 3.29. The van der Waals surface area contributed by atoms with Gasteiger partial charge in [-0.1, -0.05) is 0 Å². The predicted molar refractivity (Wildman–Crippen MR) is 67.9 cm³/mol. The molecule has 0 aliphatic rings. The molecule has 0 fully saturated rings. The third kappa shape index (κ3) is 2.70. The number of nitro benzene ring substituents is 1. The first-order valence-electron chi connectivity index (χ1n) is 4.65. The Balaban J connectivity index is 2.29. The molecule has 0 unspecified atom stereocenters. The Morgan fingerprint density at radius 2 is 2.22 bits per heavy atom. The van der Waals surface area contributed by atoms with E-state index >= 15 is 0 Å². The Labute approximate surface area is 114 Å². The molecular formula is C10H5FIN3O3. The third-order valence-corrected chi connectivity index (χ3v) is 2.70. The molecule has 2 aromatic rings. The Bertz CT molecular complexity index is 609. The van der Waals surface area contributed by atoms with E-state index in [0.717, 1.165) is 12.1 Å². The molecule has 0 N–H and O–H groups in total. The topological polar surface area (TPSA) is 78.2 Å². The van der Waals surface area contributed by atoms with Gasteiger partial charge in [0.15, 0.2) is 0 Å². The lowest BCUT2D eigenvalue weighted by atomic mass is 10.3. The smallest absolute Gasteiger partial charge is 0.305 e. The van der Waals surface area contributed by atoms with Crippen LogP contribution in [0.1, 0.15) is 0 Å². The summed E-state index contributed by atoms with van der Waals surface area (Å²) in [5, 5.41) is 10.4. The van der Waals surface area contributed by atoms with Gasteiger partial charge in [-0.2, -0.15) is 4.39 Å². The summed E-state index contributed by atoms with van der Waals surface area (Å²) in [6.07, 6.45) is 2.82. The Kier molecular flexibility index (Phi) is 3.65. The minimum atomic E-state index is -0.957. The first kappa shape index (κ1) is 12.6. The van der Waals surface area contributed by atoms with Crippen LogP contribution in [0.25, 0.3) is 0 Å². The van der Waals surface area contributed by atoms with Crippen LogP contribution in [-0.2, 0) is 0 Å². The van der Waals surface area contributed by atoms with Gasteiger partial charge in [0.2, 0.25) is 11.7 Å². The largest absolute Gasteiger partial charge is 0.438 e. The molecule has 0 aliphatic carbocycles. The van der Waals surface area contributed by atoms with E-state index in [1.165, 1.54) is 18.6 Å². The fraction of sp³-hybridized carbons (Fsp3) is 0. The average molecular weight is 361 g/mol. The van der Waals surface area contributed by atoms with Gasteiger partial charge in [-0.05, 0) is 28.7 Å². The van der Waals surface area contributed by atoms with Crippen LogP contribution in [0.3, 0.4) is 0 Å². The maximum Gasteiger partial charge on any atom is 0.305 e. The maximum absolute atomic E-state index is 13.3. The van der Waals surface area contributed by atoms with Crippen LogP contribution < -0.4 is 4.74 Å². The number of nitro groups is 1. The maximum atomic E-state index is 13.3. The van der Waals surface area contributed by atoms with Gasteiger partial charge in [0, 0.05) is 18.3 Å². The molecular weight excluding hydrogens is 356 g/mol. The summed E-state index contributed by atoms with van der Waals surface area (Å²) in [7, 11) is 0. The van der Waals surface area contributed by atoms with Gasteiger partial charge in [0.25, 0.3) is 0 Å². The Morgan fingerprint density at radius 1 is 1.44 bits per heavy atom. The molecule has 0 atom stereocenters.